The van der Waals surface area contributed by atoms with E-state index >= 15 is 0 Å². The Morgan fingerprint density at radius 2 is 0.302 bits per heavy atom. The van der Waals surface area contributed by atoms with Crippen molar-refractivity contribution in [2.75, 3.05) is 0 Å². The van der Waals surface area contributed by atoms with Gasteiger partial charge in [0.1, 0.15) is 0 Å². The molecule has 0 spiro atoms. The molecule has 4 nitrogen and oxygen atoms in total. The topological polar surface area (TPSA) is 51.6 Å². The number of fused-ring (bicyclic) bond motifs is 2. The number of benzene rings is 16. The second kappa shape index (κ2) is 32.5. The third kappa shape index (κ3) is 15.5. The monoisotopic (exact) mass is 1480 g/mol. The number of hydrogen-bond acceptors (Lipinski definition) is 4. The van der Waals surface area contributed by atoms with Gasteiger partial charge in [0.2, 0.25) is 0 Å². The second-order valence-corrected chi connectivity index (χ2v) is 29.2. The minimum Gasteiger partial charge on any atom is -0.248 e. The molecule has 0 atom stereocenters. The van der Waals surface area contributed by atoms with Crippen molar-refractivity contribution in [1.29, 1.82) is 0 Å². The van der Waals surface area contributed by atoms with E-state index in [0.717, 1.165) is 151 Å². The van der Waals surface area contributed by atoms with Crippen LogP contribution in [0.25, 0.3) is 201 Å². The third-order valence-corrected chi connectivity index (χ3v) is 21.8. The first kappa shape index (κ1) is 71.0. The van der Waals surface area contributed by atoms with Gasteiger partial charge in [-0.2, -0.15) is 0 Å². The Morgan fingerprint density at radius 1 is 0.103 bits per heavy atom. The second-order valence-electron chi connectivity index (χ2n) is 29.2. The molecule has 0 N–H and O–H groups in total. The van der Waals surface area contributed by atoms with Crippen LogP contribution in [0, 0.1) is 0 Å². The first-order valence-corrected chi connectivity index (χ1v) is 39.4. The summed E-state index contributed by atoms with van der Waals surface area (Å²) >= 11 is 0. The van der Waals surface area contributed by atoms with Gasteiger partial charge in [0.05, 0.1) is 45.2 Å². The zero-order valence-electron chi connectivity index (χ0n) is 63.7. The van der Waals surface area contributed by atoms with Gasteiger partial charge in [0.15, 0.2) is 0 Å². The Balaban J connectivity index is 0.000000155. The van der Waals surface area contributed by atoms with Gasteiger partial charge in [-0.1, -0.05) is 394 Å². The summed E-state index contributed by atoms with van der Waals surface area (Å²) in [6, 6.07) is 163. The summed E-state index contributed by atoms with van der Waals surface area (Å²) in [5, 5.41) is 2.21. The van der Waals surface area contributed by atoms with E-state index in [1.54, 1.807) is 0 Å². The van der Waals surface area contributed by atoms with Crippen LogP contribution in [0.3, 0.4) is 0 Å². The van der Waals surface area contributed by atoms with Crippen molar-refractivity contribution in [3.05, 3.63) is 461 Å². The number of rotatable bonds is 16. The number of pyridine rings is 4. The number of nitrogens with zero attached hydrogens (tertiary/aromatic N) is 4. The van der Waals surface area contributed by atoms with Crippen LogP contribution >= 0.6 is 0 Å². The van der Waals surface area contributed by atoms with Gasteiger partial charge >= 0.3 is 0 Å². The summed E-state index contributed by atoms with van der Waals surface area (Å²) in [5.41, 5.74) is 37.3. The Labute approximate surface area is 677 Å². The SMILES string of the molecule is c1ccc(-c2ccc(-c3ccc4nc(-c5ccc(-c6ccccc6)cc5)cc(-c5ccc(-c6cc(-c7ccccc7)cc(-c7ccccc7)n6)cc5)c4c3)cc2)cc1.c1ccc(-c2ccc(-c3ccc4nc(-c5ccc(-c6ccccc6)cc5)cc(-c5cccc(-c6cc(-c7ccccc7)cc(-c7ccccc7)n6)c5)c4c3)cc2)cc1. The summed E-state index contributed by atoms with van der Waals surface area (Å²) in [7, 11) is 0. The van der Waals surface area contributed by atoms with Crippen LogP contribution in [0.5, 0.6) is 0 Å². The maximum absolute atomic E-state index is 5.28. The lowest BCUT2D eigenvalue weighted by atomic mass is 9.93. The minimum absolute atomic E-state index is 0.927. The van der Waals surface area contributed by atoms with Gasteiger partial charge in [0, 0.05) is 44.2 Å². The van der Waals surface area contributed by atoms with Gasteiger partial charge in [-0.05, 0) is 178 Å². The van der Waals surface area contributed by atoms with Gasteiger partial charge in [-0.15, -0.1) is 0 Å². The Hall–Kier alpha value is -15.4. The van der Waals surface area contributed by atoms with Crippen LogP contribution in [-0.4, -0.2) is 19.9 Å². The van der Waals surface area contributed by atoms with E-state index in [2.05, 4.69) is 449 Å². The number of hydrogen-bond donors (Lipinski definition) is 0. The van der Waals surface area contributed by atoms with Gasteiger partial charge in [-0.25, -0.2) is 19.9 Å². The van der Waals surface area contributed by atoms with E-state index in [-0.39, 0.29) is 0 Å². The van der Waals surface area contributed by atoms with Crippen molar-refractivity contribution < 1.29 is 0 Å². The lowest BCUT2D eigenvalue weighted by molar-refractivity contribution is 1.32. The molecule has 0 unspecified atom stereocenters. The molecule has 0 saturated heterocycles. The van der Waals surface area contributed by atoms with Crippen molar-refractivity contribution in [2.24, 2.45) is 0 Å². The van der Waals surface area contributed by atoms with Crippen molar-refractivity contribution >= 4 is 21.8 Å². The van der Waals surface area contributed by atoms with Crippen LogP contribution in [0.4, 0.5) is 0 Å². The smallest absolute Gasteiger partial charge is 0.0716 e. The molecule has 0 aliphatic rings. The summed E-state index contributed by atoms with van der Waals surface area (Å²) in [5.74, 6) is 0. The van der Waals surface area contributed by atoms with E-state index in [1.807, 2.05) is 12.1 Å². The molecular formula is C112H76N4. The zero-order valence-corrected chi connectivity index (χ0v) is 63.7. The predicted octanol–water partition coefficient (Wildman–Crippen LogP) is 29.9. The van der Waals surface area contributed by atoms with E-state index in [4.69, 9.17) is 19.9 Å². The lowest BCUT2D eigenvalue weighted by Crippen LogP contribution is -1.93. The molecule has 4 aromatic heterocycles. The van der Waals surface area contributed by atoms with E-state index in [9.17, 15) is 0 Å². The Kier molecular flexibility index (Phi) is 19.9. The standard InChI is InChI=1S/2C56H38N2/c1-5-14-39(15-6-1)42-24-26-44(27-25-42)47-32-33-53-52(35-47)51(38-56(57-53)46-30-28-43(29-31-46)40-16-7-2-8-17-40)48-22-13-23-49(34-48)55-37-50(41-18-9-3-10-19-41)36-54(58-55)45-20-11-4-12-21-45;1-5-13-39(14-6-1)42-21-23-44(24-22-42)49-33-34-53-52(35-49)51(38-56(57-53)48-29-25-43(26-30-48)40-15-7-2-8-16-40)45-27-31-47(32-28-45)55-37-50(41-17-9-3-10-18-41)36-54(58-55)46-19-11-4-12-20-46/h2*1-38H. The average molecular weight is 1480 g/mol. The molecular weight excluding hydrogens is 1400 g/mol. The lowest BCUT2D eigenvalue weighted by Gasteiger charge is -2.14. The molecule has 4 heteroatoms. The molecule has 4 heterocycles. The fraction of sp³-hybridized carbons (Fsp3) is 0. The van der Waals surface area contributed by atoms with Crippen LogP contribution in [0.2, 0.25) is 0 Å². The van der Waals surface area contributed by atoms with Crippen LogP contribution in [0.15, 0.2) is 461 Å². The fourth-order valence-electron chi connectivity index (χ4n) is 15.6. The van der Waals surface area contributed by atoms with E-state index in [1.165, 1.54) is 50.1 Å². The van der Waals surface area contributed by atoms with Crippen molar-refractivity contribution in [1.82, 2.24) is 19.9 Å². The van der Waals surface area contributed by atoms with Crippen LogP contribution in [0.1, 0.15) is 0 Å². The fourth-order valence-corrected chi connectivity index (χ4v) is 15.6. The normalized spacial score (nSPS) is 11.1. The molecule has 0 amide bonds. The van der Waals surface area contributed by atoms with Crippen molar-refractivity contribution in [3.8, 4) is 179 Å². The molecule has 0 radical (unpaired) electrons. The zero-order chi connectivity index (χ0) is 77.4. The molecule has 20 rings (SSSR count). The minimum atomic E-state index is 0.927. The van der Waals surface area contributed by atoms with Gasteiger partial charge in [-0.3, -0.25) is 0 Å². The van der Waals surface area contributed by atoms with Crippen molar-refractivity contribution in [2.45, 2.75) is 0 Å². The molecule has 0 aliphatic heterocycles. The summed E-state index contributed by atoms with van der Waals surface area (Å²) in [4.78, 5) is 21.0. The highest BCUT2D eigenvalue weighted by Gasteiger charge is 2.19. The third-order valence-electron chi connectivity index (χ3n) is 21.8. The molecule has 0 fully saturated rings. The first-order valence-electron chi connectivity index (χ1n) is 39.4. The maximum Gasteiger partial charge on any atom is 0.0716 e. The molecule has 0 bridgehead atoms. The molecule has 20 aromatic rings. The summed E-state index contributed by atoms with van der Waals surface area (Å²) < 4.78 is 0. The van der Waals surface area contributed by atoms with E-state index in [0.29, 0.717) is 0 Å². The molecule has 16 aromatic carbocycles. The Bertz CT molecular complexity index is 6690. The summed E-state index contributed by atoms with van der Waals surface area (Å²) in [6.07, 6.45) is 0. The van der Waals surface area contributed by atoms with Crippen LogP contribution < -0.4 is 0 Å². The highest BCUT2D eigenvalue weighted by molar-refractivity contribution is 6.02. The Morgan fingerprint density at radius 3 is 0.612 bits per heavy atom. The molecule has 544 valence electrons. The van der Waals surface area contributed by atoms with Gasteiger partial charge < -0.3 is 0 Å². The predicted molar refractivity (Wildman–Crippen MR) is 486 cm³/mol. The van der Waals surface area contributed by atoms with Crippen molar-refractivity contribution in [3.63, 3.8) is 0 Å². The average Bonchev–Trinajstić information content (AvgIpc) is 0.760. The molecule has 0 aliphatic carbocycles. The van der Waals surface area contributed by atoms with Gasteiger partial charge in [0.25, 0.3) is 0 Å². The number of aromatic nitrogens is 4. The van der Waals surface area contributed by atoms with Crippen LogP contribution in [-0.2, 0) is 0 Å². The highest BCUT2D eigenvalue weighted by Crippen LogP contribution is 2.42. The summed E-state index contributed by atoms with van der Waals surface area (Å²) in [6.45, 7) is 0. The molecule has 0 saturated carbocycles. The quantitative estimate of drug-likeness (QED) is 0.0967. The van der Waals surface area contributed by atoms with E-state index < -0.39 is 0 Å². The largest absolute Gasteiger partial charge is 0.248 e. The first-order chi connectivity index (χ1) is 57.4. The highest BCUT2D eigenvalue weighted by atomic mass is 14.7. The molecule has 116 heavy (non-hydrogen) atoms. The maximum atomic E-state index is 5.28.